The third-order valence-corrected chi connectivity index (χ3v) is 2.91. The number of halogens is 3. The Morgan fingerprint density at radius 1 is 1.32 bits per heavy atom. The molecule has 98 valence electrons. The number of pyridine rings is 1. The first-order chi connectivity index (χ1) is 8.99. The summed E-state index contributed by atoms with van der Waals surface area (Å²) in [6, 6.07) is 3.48. The van der Waals surface area contributed by atoms with Crippen LogP contribution in [0.15, 0.2) is 30.6 Å². The Morgan fingerprint density at radius 3 is 2.53 bits per heavy atom. The molecule has 2 rings (SSSR count). The Hall–Kier alpha value is -1.85. The van der Waals surface area contributed by atoms with Crippen molar-refractivity contribution in [1.29, 1.82) is 0 Å². The summed E-state index contributed by atoms with van der Waals surface area (Å²) in [5.41, 5.74) is 0.442. The van der Waals surface area contributed by atoms with Gasteiger partial charge in [0.05, 0.1) is 33.2 Å². The number of carbonyl (C=O) groups is 1. The molecule has 7 heteroatoms. The van der Waals surface area contributed by atoms with E-state index in [2.05, 4.69) is 10.3 Å². The normalized spacial score (nSPS) is 10.3. The second-order valence-electron chi connectivity index (χ2n) is 3.60. The third kappa shape index (κ3) is 2.94. The quantitative estimate of drug-likeness (QED) is 0.900. The molecular weight excluding hydrogens is 294 g/mol. The van der Waals surface area contributed by atoms with E-state index in [9.17, 15) is 9.18 Å². The van der Waals surface area contributed by atoms with Crippen LogP contribution in [0.3, 0.4) is 0 Å². The predicted molar refractivity (Wildman–Crippen MR) is 70.9 cm³/mol. The Labute approximate surface area is 117 Å². The van der Waals surface area contributed by atoms with Crippen LogP contribution in [-0.2, 0) is 0 Å². The van der Waals surface area contributed by atoms with Crippen LogP contribution in [-0.4, -0.2) is 16.1 Å². The molecule has 0 unspecified atom stereocenters. The molecular formula is C12H7Cl2FN2O2. The first-order valence-corrected chi connectivity index (χ1v) is 5.83. The molecule has 0 fully saturated rings. The summed E-state index contributed by atoms with van der Waals surface area (Å²) < 4.78 is 13.1. The summed E-state index contributed by atoms with van der Waals surface area (Å²) >= 11 is 11.7. The molecule has 2 aromatic rings. The van der Waals surface area contributed by atoms with Gasteiger partial charge >= 0.3 is 5.97 Å². The van der Waals surface area contributed by atoms with Crippen molar-refractivity contribution in [2.24, 2.45) is 0 Å². The van der Waals surface area contributed by atoms with Gasteiger partial charge in [0, 0.05) is 6.20 Å². The Balaban J connectivity index is 2.45. The lowest BCUT2D eigenvalue weighted by molar-refractivity contribution is 0.0698. The minimum atomic E-state index is -1.13. The average Bonchev–Trinajstić information content (AvgIpc) is 2.34. The summed E-state index contributed by atoms with van der Waals surface area (Å²) in [6.45, 7) is 0. The van der Waals surface area contributed by atoms with Crippen LogP contribution in [0.1, 0.15) is 10.4 Å². The van der Waals surface area contributed by atoms with E-state index in [-0.39, 0.29) is 27.0 Å². The highest BCUT2D eigenvalue weighted by Crippen LogP contribution is 2.34. The number of aromatic nitrogens is 1. The second kappa shape index (κ2) is 5.42. The van der Waals surface area contributed by atoms with Crippen molar-refractivity contribution in [1.82, 2.24) is 4.98 Å². The molecule has 0 aliphatic rings. The zero-order chi connectivity index (χ0) is 14.0. The first kappa shape index (κ1) is 13.6. The molecule has 1 heterocycles. The summed E-state index contributed by atoms with van der Waals surface area (Å²) in [7, 11) is 0. The summed E-state index contributed by atoms with van der Waals surface area (Å²) in [5.74, 6) is -1.70. The van der Waals surface area contributed by atoms with Crippen LogP contribution in [0.2, 0.25) is 10.0 Å². The first-order valence-electron chi connectivity index (χ1n) is 5.08. The fourth-order valence-electron chi connectivity index (χ4n) is 1.48. The number of hydrogen-bond donors (Lipinski definition) is 2. The molecule has 4 nitrogen and oxygen atoms in total. The van der Waals surface area contributed by atoms with Crippen molar-refractivity contribution in [3.05, 3.63) is 52.0 Å². The van der Waals surface area contributed by atoms with Crippen molar-refractivity contribution >= 4 is 40.5 Å². The number of hydrogen-bond acceptors (Lipinski definition) is 3. The molecule has 1 aromatic heterocycles. The van der Waals surface area contributed by atoms with Gasteiger partial charge < -0.3 is 10.4 Å². The number of benzene rings is 1. The zero-order valence-corrected chi connectivity index (χ0v) is 10.8. The van der Waals surface area contributed by atoms with Crippen molar-refractivity contribution < 1.29 is 14.3 Å². The molecule has 0 saturated heterocycles. The van der Waals surface area contributed by atoms with E-state index in [1.165, 1.54) is 18.5 Å². The molecule has 2 N–H and O–H groups in total. The van der Waals surface area contributed by atoms with Gasteiger partial charge in [-0.25, -0.2) is 9.18 Å². The highest BCUT2D eigenvalue weighted by Gasteiger charge is 2.14. The van der Waals surface area contributed by atoms with Crippen LogP contribution in [0.5, 0.6) is 0 Å². The van der Waals surface area contributed by atoms with E-state index in [0.29, 0.717) is 0 Å². The average molecular weight is 301 g/mol. The standard InChI is InChI=1S/C12H7Cl2FN2O2/c13-8-3-6(15)4-9(14)11(8)17-10-5-16-2-1-7(10)12(18)19/h1-5,17H,(H,18,19). The maximum Gasteiger partial charge on any atom is 0.337 e. The van der Waals surface area contributed by atoms with Gasteiger partial charge in [-0.15, -0.1) is 0 Å². The SMILES string of the molecule is O=C(O)c1ccncc1Nc1c(Cl)cc(F)cc1Cl. The molecule has 0 radical (unpaired) electrons. The van der Waals surface area contributed by atoms with Crippen molar-refractivity contribution in [2.75, 3.05) is 5.32 Å². The van der Waals surface area contributed by atoms with Crippen molar-refractivity contribution in [3.8, 4) is 0 Å². The molecule has 0 saturated carbocycles. The molecule has 0 atom stereocenters. The molecule has 0 bridgehead atoms. The monoisotopic (exact) mass is 300 g/mol. The lowest BCUT2D eigenvalue weighted by atomic mass is 10.2. The number of carboxylic acids is 1. The van der Waals surface area contributed by atoms with Crippen LogP contribution in [0.25, 0.3) is 0 Å². The number of nitrogens with zero attached hydrogens (tertiary/aromatic N) is 1. The van der Waals surface area contributed by atoms with Gasteiger partial charge in [0.25, 0.3) is 0 Å². The predicted octanol–water partition coefficient (Wildman–Crippen LogP) is 3.97. The van der Waals surface area contributed by atoms with Gasteiger partial charge in [-0.3, -0.25) is 4.98 Å². The summed E-state index contributed by atoms with van der Waals surface area (Å²) in [6.07, 6.45) is 2.67. The number of carboxylic acid groups (broad SMARTS) is 1. The van der Waals surface area contributed by atoms with E-state index >= 15 is 0 Å². The van der Waals surface area contributed by atoms with Gasteiger partial charge in [0.15, 0.2) is 0 Å². The van der Waals surface area contributed by atoms with E-state index in [0.717, 1.165) is 12.1 Å². The number of anilines is 2. The topological polar surface area (TPSA) is 62.2 Å². The van der Waals surface area contributed by atoms with Crippen molar-refractivity contribution in [2.45, 2.75) is 0 Å². The van der Waals surface area contributed by atoms with Crippen LogP contribution < -0.4 is 5.32 Å². The van der Waals surface area contributed by atoms with E-state index in [1.807, 2.05) is 0 Å². The van der Waals surface area contributed by atoms with Gasteiger partial charge in [0.1, 0.15) is 5.82 Å². The minimum absolute atomic E-state index is 0.00598. The molecule has 0 aliphatic carbocycles. The highest BCUT2D eigenvalue weighted by atomic mass is 35.5. The fraction of sp³-hybridized carbons (Fsp3) is 0. The smallest absolute Gasteiger partial charge is 0.337 e. The van der Waals surface area contributed by atoms with E-state index in [4.69, 9.17) is 28.3 Å². The molecule has 0 aliphatic heterocycles. The van der Waals surface area contributed by atoms with Crippen LogP contribution >= 0.6 is 23.2 Å². The van der Waals surface area contributed by atoms with E-state index in [1.54, 1.807) is 0 Å². The van der Waals surface area contributed by atoms with Crippen LogP contribution in [0, 0.1) is 5.82 Å². The maximum atomic E-state index is 13.1. The fourth-order valence-corrected chi connectivity index (χ4v) is 2.03. The lowest BCUT2D eigenvalue weighted by Gasteiger charge is -2.12. The Morgan fingerprint density at radius 2 is 1.95 bits per heavy atom. The van der Waals surface area contributed by atoms with Gasteiger partial charge in [0.2, 0.25) is 0 Å². The maximum absolute atomic E-state index is 13.1. The molecule has 1 aromatic carbocycles. The van der Waals surface area contributed by atoms with E-state index < -0.39 is 11.8 Å². The number of nitrogens with one attached hydrogen (secondary N) is 1. The molecule has 19 heavy (non-hydrogen) atoms. The second-order valence-corrected chi connectivity index (χ2v) is 4.41. The summed E-state index contributed by atoms with van der Waals surface area (Å²) in [4.78, 5) is 14.9. The van der Waals surface area contributed by atoms with Gasteiger partial charge in [-0.2, -0.15) is 0 Å². The van der Waals surface area contributed by atoms with Gasteiger partial charge in [-0.1, -0.05) is 23.2 Å². The van der Waals surface area contributed by atoms with Gasteiger partial charge in [-0.05, 0) is 18.2 Å². The lowest BCUT2D eigenvalue weighted by Crippen LogP contribution is -2.03. The molecule has 0 spiro atoms. The number of rotatable bonds is 3. The Bertz CT molecular complexity index is 626. The van der Waals surface area contributed by atoms with Crippen LogP contribution in [0.4, 0.5) is 15.8 Å². The third-order valence-electron chi connectivity index (χ3n) is 2.32. The molecule has 0 amide bonds. The number of aromatic carboxylic acids is 1. The Kier molecular flexibility index (Phi) is 3.87. The summed E-state index contributed by atoms with van der Waals surface area (Å²) in [5, 5.41) is 11.9. The largest absolute Gasteiger partial charge is 0.478 e. The van der Waals surface area contributed by atoms with Crippen molar-refractivity contribution in [3.63, 3.8) is 0 Å². The zero-order valence-electron chi connectivity index (χ0n) is 9.32. The highest BCUT2D eigenvalue weighted by molar-refractivity contribution is 6.39. The minimum Gasteiger partial charge on any atom is -0.478 e.